The molecule has 1 N–H and O–H groups in total. The highest BCUT2D eigenvalue weighted by molar-refractivity contribution is 7.90. The highest BCUT2D eigenvalue weighted by Crippen LogP contribution is 2.30. The molecule has 1 fully saturated rings. The molecule has 1 amide bonds. The number of benzene rings is 2. The number of carbonyl (C=O) groups is 1. The number of fused-ring (bicyclic) bond motifs is 1. The van der Waals surface area contributed by atoms with Gasteiger partial charge >= 0.3 is 0 Å². The summed E-state index contributed by atoms with van der Waals surface area (Å²) < 4.78 is 26.8. The largest absolute Gasteiger partial charge is 0.389 e. The molecule has 32 heavy (non-hydrogen) atoms. The topological polar surface area (TPSA) is 87.6 Å². The summed E-state index contributed by atoms with van der Waals surface area (Å²) in [4.78, 5) is 19.0. The van der Waals surface area contributed by atoms with E-state index in [1.165, 1.54) is 11.3 Å². The van der Waals surface area contributed by atoms with E-state index >= 15 is 0 Å². The molecule has 0 saturated carbocycles. The highest BCUT2D eigenvalue weighted by atomic mass is 32.2. The summed E-state index contributed by atoms with van der Waals surface area (Å²) in [5, 5.41) is 10.6. The smallest absolute Gasteiger partial charge is 0.253 e. The summed E-state index contributed by atoms with van der Waals surface area (Å²) in [6.07, 6.45) is 1.58. The predicted molar refractivity (Wildman–Crippen MR) is 126 cm³/mol. The maximum atomic E-state index is 13.0. The summed E-state index contributed by atoms with van der Waals surface area (Å²) in [7, 11) is -3.57. The van der Waals surface area contributed by atoms with Crippen LogP contribution in [-0.2, 0) is 15.6 Å². The lowest BCUT2D eigenvalue weighted by Crippen LogP contribution is -2.46. The van der Waals surface area contributed by atoms with Gasteiger partial charge < -0.3 is 10.0 Å². The van der Waals surface area contributed by atoms with Crippen LogP contribution >= 0.6 is 11.3 Å². The van der Waals surface area contributed by atoms with E-state index in [4.69, 9.17) is 0 Å². The van der Waals surface area contributed by atoms with Gasteiger partial charge in [0.1, 0.15) is 0 Å². The van der Waals surface area contributed by atoms with Crippen LogP contribution in [0.25, 0.3) is 10.2 Å². The number of amides is 1. The maximum absolute atomic E-state index is 13.0. The molecular weight excluding hydrogens is 444 g/mol. The van der Waals surface area contributed by atoms with Crippen LogP contribution in [0.3, 0.4) is 0 Å². The van der Waals surface area contributed by atoms with Gasteiger partial charge in [-0.2, -0.15) is 0 Å². The Labute approximate surface area is 192 Å². The van der Waals surface area contributed by atoms with E-state index < -0.39 is 15.4 Å². The zero-order valence-corrected chi connectivity index (χ0v) is 19.6. The number of para-hydroxylation sites is 1. The molecule has 3 aromatic rings. The molecule has 0 aliphatic carbocycles. The fraction of sp³-hybridized carbons (Fsp3) is 0.333. The lowest BCUT2D eigenvalue weighted by molar-refractivity contribution is -0.0160. The van der Waals surface area contributed by atoms with Gasteiger partial charge in [-0.3, -0.25) is 4.79 Å². The molecule has 8 heteroatoms. The molecule has 1 aliphatic heterocycles. The van der Waals surface area contributed by atoms with Crippen molar-refractivity contribution in [1.82, 2.24) is 9.88 Å². The van der Waals surface area contributed by atoms with Crippen molar-refractivity contribution in [2.24, 2.45) is 0 Å². The Kier molecular flexibility index (Phi) is 6.20. The van der Waals surface area contributed by atoms with Gasteiger partial charge in [0, 0.05) is 18.7 Å². The van der Waals surface area contributed by atoms with E-state index in [-0.39, 0.29) is 16.6 Å². The zero-order chi connectivity index (χ0) is 22.9. The first-order valence-electron chi connectivity index (χ1n) is 10.5. The summed E-state index contributed by atoms with van der Waals surface area (Å²) in [6.45, 7) is 6.74. The number of hydrogen-bond donors (Lipinski definition) is 1. The van der Waals surface area contributed by atoms with Crippen LogP contribution < -0.4 is 0 Å². The third kappa shape index (κ3) is 4.77. The summed E-state index contributed by atoms with van der Waals surface area (Å²) >= 11 is 1.41. The van der Waals surface area contributed by atoms with E-state index in [1.54, 1.807) is 46.8 Å². The summed E-state index contributed by atoms with van der Waals surface area (Å²) in [6, 6.07) is 11.9. The number of rotatable bonds is 6. The van der Waals surface area contributed by atoms with Crippen molar-refractivity contribution >= 4 is 37.3 Å². The van der Waals surface area contributed by atoms with Gasteiger partial charge in [-0.1, -0.05) is 23.8 Å². The van der Waals surface area contributed by atoms with Crippen molar-refractivity contribution in [3.63, 3.8) is 0 Å². The first-order valence-corrected chi connectivity index (χ1v) is 13.0. The molecule has 1 saturated heterocycles. The molecule has 168 valence electrons. The van der Waals surface area contributed by atoms with Crippen molar-refractivity contribution in [2.75, 3.05) is 13.1 Å². The normalized spacial score (nSPS) is 16.2. The molecule has 0 bridgehead atoms. The lowest BCUT2D eigenvalue weighted by atomic mass is 9.86. The number of thiazole rings is 1. The van der Waals surface area contributed by atoms with Crippen LogP contribution in [0.15, 0.2) is 65.0 Å². The minimum absolute atomic E-state index is 0.107. The van der Waals surface area contributed by atoms with Gasteiger partial charge in [-0.15, -0.1) is 17.9 Å². The number of aliphatic hydroxyl groups is 1. The van der Waals surface area contributed by atoms with Gasteiger partial charge in [0.05, 0.1) is 32.0 Å². The molecular formula is C24H26N2O4S2. The average Bonchev–Trinajstić information content (AvgIpc) is 3.22. The average molecular weight is 471 g/mol. The molecule has 4 rings (SSSR count). The van der Waals surface area contributed by atoms with E-state index in [2.05, 4.69) is 11.6 Å². The second-order valence-corrected chi connectivity index (χ2v) is 11.4. The zero-order valence-electron chi connectivity index (χ0n) is 18.0. The number of piperidine rings is 1. The van der Waals surface area contributed by atoms with Crippen LogP contribution in [0.5, 0.6) is 0 Å². The first-order chi connectivity index (χ1) is 15.2. The third-order valence-corrected chi connectivity index (χ3v) is 8.34. The number of hydrogen-bond acceptors (Lipinski definition) is 6. The van der Waals surface area contributed by atoms with E-state index in [0.717, 1.165) is 10.3 Å². The quantitative estimate of drug-likeness (QED) is 0.546. The fourth-order valence-electron chi connectivity index (χ4n) is 4.20. The van der Waals surface area contributed by atoms with Crippen LogP contribution in [-0.4, -0.2) is 48.0 Å². The van der Waals surface area contributed by atoms with Crippen LogP contribution in [0.4, 0.5) is 0 Å². The van der Waals surface area contributed by atoms with E-state index in [0.29, 0.717) is 49.0 Å². The van der Waals surface area contributed by atoms with Gasteiger partial charge in [-0.05, 0) is 56.0 Å². The molecule has 2 aromatic carbocycles. The van der Waals surface area contributed by atoms with Crippen LogP contribution in [0.1, 0.15) is 42.1 Å². The first kappa shape index (κ1) is 22.6. The Morgan fingerprint density at radius 1 is 1.19 bits per heavy atom. The van der Waals surface area contributed by atoms with Gasteiger partial charge in [0.15, 0.2) is 9.84 Å². The number of carbonyl (C=O) groups excluding carboxylic acids is 1. The van der Waals surface area contributed by atoms with Crippen LogP contribution in [0, 0.1) is 0 Å². The molecule has 1 aromatic heterocycles. The molecule has 0 spiro atoms. The van der Waals surface area contributed by atoms with Crippen molar-refractivity contribution in [2.45, 2.75) is 42.4 Å². The SMILES string of the molecule is C=C(C)CC1(O)CCN(C(=O)c2ccc(CS(=O)(=O)c3cccc4scnc34)cc2)CC1. The number of likely N-dealkylation sites (tertiary alicyclic amines) is 1. The fourth-order valence-corrected chi connectivity index (χ4v) is 6.50. The minimum atomic E-state index is -3.57. The van der Waals surface area contributed by atoms with Crippen molar-refractivity contribution < 1.29 is 18.3 Å². The number of sulfone groups is 1. The van der Waals surface area contributed by atoms with Crippen LogP contribution in [0.2, 0.25) is 0 Å². The minimum Gasteiger partial charge on any atom is -0.389 e. The molecule has 2 heterocycles. The Morgan fingerprint density at radius 3 is 2.53 bits per heavy atom. The summed E-state index contributed by atoms with van der Waals surface area (Å²) in [5.74, 6) is -0.264. The van der Waals surface area contributed by atoms with Crippen molar-refractivity contribution in [1.29, 1.82) is 0 Å². The number of aromatic nitrogens is 1. The van der Waals surface area contributed by atoms with Gasteiger partial charge in [0.2, 0.25) is 0 Å². The van der Waals surface area contributed by atoms with Gasteiger partial charge in [-0.25, -0.2) is 13.4 Å². The molecule has 0 atom stereocenters. The van der Waals surface area contributed by atoms with E-state index in [9.17, 15) is 18.3 Å². The Bertz CT molecular complexity index is 1250. The van der Waals surface area contributed by atoms with Gasteiger partial charge in [0.25, 0.3) is 5.91 Å². The Balaban J connectivity index is 1.44. The Morgan fingerprint density at radius 2 is 1.88 bits per heavy atom. The van der Waals surface area contributed by atoms with Crippen molar-refractivity contribution in [3.8, 4) is 0 Å². The highest BCUT2D eigenvalue weighted by Gasteiger charge is 2.34. The summed E-state index contributed by atoms with van der Waals surface area (Å²) in [5.41, 5.74) is 3.41. The third-order valence-electron chi connectivity index (χ3n) is 5.83. The standard InChI is InChI=1S/C24H26N2O4S2/c1-17(2)14-24(28)10-12-26(13-11-24)23(27)19-8-6-18(7-9-19)15-32(29,30)21-5-3-4-20-22(21)25-16-31-20/h3-9,16,28H,1,10-15H2,2H3. The Hall–Kier alpha value is -2.55. The molecule has 0 unspecified atom stereocenters. The second-order valence-electron chi connectivity index (χ2n) is 8.56. The molecule has 1 aliphatic rings. The van der Waals surface area contributed by atoms with Crippen molar-refractivity contribution in [3.05, 3.63) is 71.3 Å². The predicted octanol–water partition coefficient (Wildman–Crippen LogP) is 4.20. The molecule has 6 nitrogen and oxygen atoms in total. The molecule has 0 radical (unpaired) electrons. The lowest BCUT2D eigenvalue weighted by Gasteiger charge is -2.38. The number of nitrogens with zero attached hydrogens (tertiary/aromatic N) is 2. The second kappa shape index (κ2) is 8.77. The van der Waals surface area contributed by atoms with E-state index in [1.807, 2.05) is 13.0 Å². The monoisotopic (exact) mass is 470 g/mol. The maximum Gasteiger partial charge on any atom is 0.253 e.